The van der Waals surface area contributed by atoms with Gasteiger partial charge in [-0.15, -0.1) is 5.43 Å². The maximum Gasteiger partial charge on any atom is 2.00 e. The minimum absolute atomic E-state index is 0. The first-order valence-corrected chi connectivity index (χ1v) is 26.7. The molecule has 292 valence electrons. The Bertz CT molecular complexity index is 1120. The van der Waals surface area contributed by atoms with Crippen LogP contribution < -0.4 is 5.11 Å². The number of ether oxygens (including phenoxy) is 3. The van der Waals surface area contributed by atoms with Gasteiger partial charge in [0.2, 0.25) is 0 Å². The van der Waals surface area contributed by atoms with Crippen molar-refractivity contribution in [2.24, 2.45) is 5.22 Å². The monoisotopic (exact) mass is 829 g/mol. The van der Waals surface area contributed by atoms with E-state index in [1.165, 1.54) is 60.8 Å². The molecule has 7 nitrogen and oxygen atoms in total. The largest absolute Gasteiger partial charge is 2.00 e. The topological polar surface area (TPSA) is 82.2 Å². The summed E-state index contributed by atoms with van der Waals surface area (Å²) >= 11 is 0. The standard InChI is InChI=1S/C24H34N3.C6H18NSi2.3C4H8O.Sr/c1-15(2)19-11-9-12-20(16(3)4)23(19)25-27-26-24-21(17(5)6)13-10-14-22(24)18(7)8;1-8(2,3)7-9(4,5)6;3*1-2-4-5-3-1;/h9-18H,1-8H3;1-6H3;3*1-4H2;/q2*-1;;;;+2/p+1. The predicted molar refractivity (Wildman–Crippen MR) is 231 cm³/mol. The van der Waals surface area contributed by atoms with Crippen LogP contribution in [-0.4, -0.2) is 102 Å². The van der Waals surface area contributed by atoms with Crippen molar-refractivity contribution in [3.63, 3.8) is 0 Å². The summed E-state index contributed by atoms with van der Waals surface area (Å²) in [7, 11) is -2.21. The molecule has 0 amide bonds. The molecule has 3 aliphatic heterocycles. The van der Waals surface area contributed by atoms with Gasteiger partial charge in [-0.2, -0.15) is 0 Å². The smallest absolute Gasteiger partial charge is 0.668 e. The molecule has 0 radical (unpaired) electrons. The Balaban J connectivity index is 0.000000829. The third-order valence-electron chi connectivity index (χ3n) is 8.18. The summed E-state index contributed by atoms with van der Waals surface area (Å²) in [6.07, 6.45) is 7.67. The maximum atomic E-state index is 4.94. The number of benzene rings is 2. The van der Waals surface area contributed by atoms with Gasteiger partial charge in [0.25, 0.3) is 0 Å². The number of nitrogens with one attached hydrogen (secondary N) is 1. The SMILES string of the molecule is C1CCOC1.C1CCOC1.C1CCOC1.CC(C)c1cccc(C(C)C)c1[N-]N=[NH+]c1c(C(C)C)cccc1C(C)C.C[Si](C)(C)[N-][Si](C)(C)C.[Sr+2]. The van der Waals surface area contributed by atoms with Crippen molar-refractivity contribution < 1.29 is 19.3 Å². The van der Waals surface area contributed by atoms with Crippen molar-refractivity contribution in [3.05, 3.63) is 68.7 Å². The molecule has 5 rings (SSSR count). The van der Waals surface area contributed by atoms with E-state index in [4.69, 9.17) is 18.9 Å². The van der Waals surface area contributed by atoms with Crippen LogP contribution in [0.2, 0.25) is 39.3 Å². The number of rotatable bonds is 9. The predicted octanol–water partition coefficient (Wildman–Crippen LogP) is 12.0. The van der Waals surface area contributed by atoms with Crippen molar-refractivity contribution >= 4 is 73.3 Å². The van der Waals surface area contributed by atoms with Gasteiger partial charge >= 0.3 is 45.5 Å². The molecule has 3 aliphatic rings. The second-order valence-electron chi connectivity index (χ2n) is 16.9. The molecule has 0 aromatic heterocycles. The molecule has 0 unspecified atom stereocenters. The second-order valence-corrected chi connectivity index (χ2v) is 26.5. The van der Waals surface area contributed by atoms with Crippen LogP contribution in [0, 0.1) is 0 Å². The Morgan fingerprint density at radius 2 is 0.808 bits per heavy atom. The molecule has 1 N–H and O–H groups in total. The van der Waals surface area contributed by atoms with Crippen LogP contribution in [-0.2, 0) is 14.2 Å². The molecule has 3 saturated heterocycles. The molecule has 2 aromatic carbocycles. The average Bonchev–Trinajstić information content (AvgIpc) is 3.87. The minimum Gasteiger partial charge on any atom is -0.668 e. The Labute approximate surface area is 360 Å². The van der Waals surface area contributed by atoms with Crippen LogP contribution >= 0.6 is 0 Å². The molecular formula is C42H77N4O3Si2Sr+. The van der Waals surface area contributed by atoms with Gasteiger partial charge in [0, 0.05) is 39.6 Å². The molecule has 0 saturated carbocycles. The van der Waals surface area contributed by atoms with E-state index in [9.17, 15) is 0 Å². The van der Waals surface area contributed by atoms with Crippen molar-refractivity contribution in [2.45, 2.75) is 157 Å². The van der Waals surface area contributed by atoms with Crippen LogP contribution in [0.4, 0.5) is 11.4 Å². The quantitative estimate of drug-likeness (QED) is 0.155. The van der Waals surface area contributed by atoms with Gasteiger partial charge in [-0.05, 0) is 84.5 Å². The third-order valence-corrected chi connectivity index (χ3v) is 13.5. The summed E-state index contributed by atoms with van der Waals surface area (Å²) < 4.78 is 19.7. The molecule has 0 aliphatic carbocycles. The molecule has 3 heterocycles. The molecule has 52 heavy (non-hydrogen) atoms. The fraction of sp³-hybridized carbons (Fsp3) is 0.714. The molecule has 10 heteroatoms. The summed E-state index contributed by atoms with van der Waals surface area (Å²) in [6, 6.07) is 12.9. The Kier molecular flexibility index (Phi) is 27.8. The van der Waals surface area contributed by atoms with E-state index >= 15 is 0 Å². The summed E-state index contributed by atoms with van der Waals surface area (Å²) in [5, 5.41) is 7.74. The van der Waals surface area contributed by atoms with Crippen molar-refractivity contribution in [2.75, 3.05) is 39.6 Å². The normalized spacial score (nSPS) is 15.7. The zero-order chi connectivity index (χ0) is 38.5. The number of nitrogens with zero attached hydrogens (tertiary/aromatic N) is 3. The van der Waals surface area contributed by atoms with Gasteiger partial charge in [0.15, 0.2) is 0 Å². The van der Waals surface area contributed by atoms with E-state index in [0.717, 1.165) is 51.0 Å². The van der Waals surface area contributed by atoms with Crippen molar-refractivity contribution in [1.82, 2.24) is 0 Å². The van der Waals surface area contributed by atoms with E-state index in [2.05, 4.69) is 147 Å². The number of para-hydroxylation sites is 1. The fourth-order valence-corrected chi connectivity index (χ4v) is 14.0. The number of hydrogen-bond donors (Lipinski definition) is 1. The molecule has 3 fully saturated rings. The average molecular weight is 830 g/mol. The van der Waals surface area contributed by atoms with E-state index in [-0.39, 0.29) is 45.5 Å². The van der Waals surface area contributed by atoms with Crippen LogP contribution in [0.1, 0.15) is 140 Å². The van der Waals surface area contributed by atoms with E-state index < -0.39 is 16.5 Å². The summed E-state index contributed by atoms with van der Waals surface area (Å²) in [5.74, 6) is 1.67. The van der Waals surface area contributed by atoms with Gasteiger partial charge in [-0.1, -0.05) is 153 Å². The summed E-state index contributed by atoms with van der Waals surface area (Å²) in [4.78, 5) is 0. The molecular weight excluding hydrogens is 752 g/mol. The second kappa shape index (κ2) is 28.1. The van der Waals surface area contributed by atoms with Gasteiger partial charge in [-0.25, -0.2) is 0 Å². The van der Waals surface area contributed by atoms with Gasteiger partial charge in [0.1, 0.15) is 0 Å². The zero-order valence-electron chi connectivity index (χ0n) is 36.0. The van der Waals surface area contributed by atoms with Crippen LogP contribution in [0.15, 0.2) is 41.6 Å². The molecule has 0 bridgehead atoms. The first-order chi connectivity index (χ1) is 23.9. The van der Waals surface area contributed by atoms with E-state index in [1.807, 2.05) is 0 Å². The molecule has 0 atom stereocenters. The third kappa shape index (κ3) is 23.5. The summed E-state index contributed by atoms with van der Waals surface area (Å²) in [5.41, 5.74) is 11.8. The van der Waals surface area contributed by atoms with Gasteiger partial charge in [-0.3, -0.25) is 5.11 Å². The first kappa shape index (κ1) is 51.6. The maximum absolute atomic E-state index is 4.94. The van der Waals surface area contributed by atoms with Gasteiger partial charge in [0.05, 0.1) is 11.4 Å². The van der Waals surface area contributed by atoms with Gasteiger partial charge < -0.3 is 18.9 Å². The van der Waals surface area contributed by atoms with Crippen LogP contribution in [0.25, 0.3) is 10.1 Å². The van der Waals surface area contributed by atoms with E-state index in [1.54, 1.807) is 0 Å². The zero-order valence-corrected chi connectivity index (χ0v) is 41.5. The Hall–Kier alpha value is -0.406. The fourth-order valence-electron chi connectivity index (χ4n) is 5.97. The van der Waals surface area contributed by atoms with E-state index in [0.29, 0.717) is 23.7 Å². The molecule has 2 aromatic rings. The summed E-state index contributed by atoms with van der Waals surface area (Å²) in [6.45, 7) is 37.5. The van der Waals surface area contributed by atoms with Crippen molar-refractivity contribution in [3.8, 4) is 0 Å². The van der Waals surface area contributed by atoms with Crippen LogP contribution in [0.5, 0.6) is 0 Å². The van der Waals surface area contributed by atoms with Crippen molar-refractivity contribution in [1.29, 1.82) is 0 Å². The Morgan fingerprint density at radius 1 is 0.519 bits per heavy atom. The minimum atomic E-state index is -1.11. The number of hydrogen-bond acceptors (Lipinski definition) is 4. The Morgan fingerprint density at radius 3 is 1.02 bits per heavy atom. The molecule has 0 spiro atoms. The van der Waals surface area contributed by atoms with Crippen LogP contribution in [0.3, 0.4) is 0 Å². The first-order valence-electron chi connectivity index (χ1n) is 19.8.